The number of halogens is 20. The fourth-order valence-electron chi connectivity index (χ4n) is 4.89. The van der Waals surface area contributed by atoms with E-state index in [4.69, 9.17) is 11.5 Å². The number of anilines is 2. The van der Waals surface area contributed by atoms with Gasteiger partial charge in [0.15, 0.2) is 0 Å². The first-order chi connectivity index (χ1) is 23.8. The molecule has 0 bridgehead atoms. The zero-order valence-electron chi connectivity index (χ0n) is 28.0. The molecule has 2 aromatic carbocycles. The number of alkyl halides is 20. The second-order valence-corrected chi connectivity index (χ2v) is 12.4. The minimum atomic E-state index is -9.17. The smallest absolute Gasteiger partial charge is 0.385 e. The van der Waals surface area contributed by atoms with Crippen LogP contribution in [0.3, 0.4) is 0 Å². The molecule has 0 unspecified atom stereocenters. The summed E-state index contributed by atoms with van der Waals surface area (Å²) in [5.41, 5.74) is 3.38. The third kappa shape index (κ3) is 6.06. The number of hydrogen-bond acceptors (Lipinski definition) is 4. The van der Waals surface area contributed by atoms with Gasteiger partial charge in [0.1, 0.15) is 11.5 Å². The topological polar surface area (TPSA) is 70.5 Å². The number of rotatable bonds is 15. The van der Waals surface area contributed by atoms with Gasteiger partial charge < -0.3 is 20.9 Å². The Morgan fingerprint density at radius 1 is 0.389 bits per heavy atom. The van der Waals surface area contributed by atoms with Crippen LogP contribution in [0.15, 0.2) is 24.3 Å². The summed E-state index contributed by atoms with van der Waals surface area (Å²) in [5, 5.41) is 0. The van der Waals surface area contributed by atoms with Gasteiger partial charge in [0.05, 0.1) is 25.6 Å². The molecule has 0 aromatic heterocycles. The Morgan fingerprint density at radius 3 is 0.778 bits per heavy atom. The normalized spacial score (nSPS) is 15.0. The predicted octanol–water partition coefficient (Wildman–Crippen LogP) is 11.1. The fourth-order valence-corrected chi connectivity index (χ4v) is 4.89. The largest absolute Gasteiger partial charge is 0.495 e. The highest BCUT2D eigenvalue weighted by molar-refractivity contribution is 5.63. The molecule has 24 heteroatoms. The van der Waals surface area contributed by atoms with Gasteiger partial charge in [0.2, 0.25) is 0 Å². The molecule has 0 saturated carbocycles. The van der Waals surface area contributed by atoms with E-state index >= 15 is 17.6 Å². The van der Waals surface area contributed by atoms with Crippen LogP contribution >= 0.6 is 0 Å². The minimum Gasteiger partial charge on any atom is -0.495 e. The highest BCUT2D eigenvalue weighted by atomic mass is 19.4. The Kier molecular flexibility index (Phi) is 11.6. The molecule has 0 radical (unpaired) electrons. The van der Waals surface area contributed by atoms with Crippen LogP contribution in [-0.2, 0) is 11.8 Å². The van der Waals surface area contributed by atoms with E-state index in [0.717, 1.165) is 27.7 Å². The Morgan fingerprint density at radius 2 is 0.593 bits per heavy atom. The molecule has 4 N–H and O–H groups in total. The molecular formula is C30H28F20N2O2. The molecule has 0 saturated heterocycles. The van der Waals surface area contributed by atoms with E-state index in [9.17, 15) is 70.2 Å². The molecule has 4 nitrogen and oxygen atoms in total. The van der Waals surface area contributed by atoms with Crippen molar-refractivity contribution in [2.75, 3.05) is 25.7 Å². The number of benzene rings is 2. The summed E-state index contributed by atoms with van der Waals surface area (Å²) >= 11 is 0. The molecule has 0 atom stereocenters. The number of methoxy groups -OCH3 is 2. The molecule has 0 aliphatic rings. The number of hydrogen-bond donors (Lipinski definition) is 2. The molecule has 2 rings (SSSR count). The average Bonchev–Trinajstić information content (AvgIpc) is 3.03. The van der Waals surface area contributed by atoms with E-state index in [0.29, 0.717) is 14.2 Å². The third-order valence-corrected chi connectivity index (χ3v) is 8.31. The second kappa shape index (κ2) is 13.5. The van der Waals surface area contributed by atoms with Crippen molar-refractivity contribution in [1.82, 2.24) is 0 Å². The van der Waals surface area contributed by atoms with E-state index in [-0.39, 0.29) is 24.3 Å². The van der Waals surface area contributed by atoms with Gasteiger partial charge in [-0.15, -0.1) is 0 Å². The Labute approximate surface area is 291 Å². The van der Waals surface area contributed by atoms with E-state index in [2.05, 4.69) is 9.47 Å². The van der Waals surface area contributed by atoms with Crippen molar-refractivity contribution in [3.8, 4) is 11.5 Å². The van der Waals surface area contributed by atoms with Gasteiger partial charge in [-0.05, 0) is 47.2 Å². The highest BCUT2D eigenvalue weighted by Gasteiger charge is 2.97. The summed E-state index contributed by atoms with van der Waals surface area (Å²) in [5.74, 6) is -88.1. The molecular weight excluding hydrogens is 800 g/mol. The van der Waals surface area contributed by atoms with Gasteiger partial charge >= 0.3 is 59.2 Å². The lowest BCUT2D eigenvalue weighted by Crippen LogP contribution is -2.76. The van der Waals surface area contributed by atoms with Gasteiger partial charge in [0.25, 0.3) is 0 Å². The van der Waals surface area contributed by atoms with Gasteiger partial charge in [-0.3, -0.25) is 0 Å². The fraction of sp³-hybridized carbons (Fsp3) is 0.600. The summed E-state index contributed by atoms with van der Waals surface area (Å²) in [6, 6.07) is -0.994. The molecule has 0 amide bonds. The lowest BCUT2D eigenvalue weighted by molar-refractivity contribution is -0.470. The SMILES string of the molecule is COc1cc(C(F)(F)C(F)(F)C(F)(F)C(F)(F)C(F)(F)C(F)(F)C(F)(F)C(F)(F)C(F)(F)C(F)(F)c2cc(OC)c(N)c(C(C)C)c2)cc(C(C)C)c1N. The quantitative estimate of drug-likeness (QED) is 0.139. The molecule has 0 aliphatic carbocycles. The van der Waals surface area contributed by atoms with Crippen LogP contribution in [0.25, 0.3) is 0 Å². The monoisotopic (exact) mass is 828 g/mol. The number of nitrogens with two attached hydrogens (primary N) is 2. The van der Waals surface area contributed by atoms with Gasteiger partial charge in [-0.2, -0.15) is 87.8 Å². The lowest BCUT2D eigenvalue weighted by atomic mass is 9.83. The molecule has 0 spiro atoms. The van der Waals surface area contributed by atoms with Crippen molar-refractivity contribution in [2.45, 2.75) is 98.8 Å². The van der Waals surface area contributed by atoms with Crippen LogP contribution in [0.1, 0.15) is 61.8 Å². The van der Waals surface area contributed by atoms with Crippen LogP contribution in [0.4, 0.5) is 99.2 Å². The molecule has 0 aliphatic heterocycles. The van der Waals surface area contributed by atoms with Crippen molar-refractivity contribution in [2.24, 2.45) is 0 Å². The second-order valence-electron chi connectivity index (χ2n) is 12.4. The first kappa shape index (κ1) is 46.4. The summed E-state index contributed by atoms with van der Waals surface area (Å²) in [6.07, 6.45) is 0. The standard InChI is InChI=1S/C30H28F20N2O2/c1-11(2)15-7-13(9-17(53-5)19(15)51)21(31,32)23(35,36)25(39,40)27(43,44)29(47,48)30(49,50)28(45,46)26(41,42)24(37,38)22(33,34)14-8-16(12(3)4)20(52)18(10-14)54-6/h7-12H,51-52H2,1-6H3. The summed E-state index contributed by atoms with van der Waals surface area (Å²) in [4.78, 5) is 0. The van der Waals surface area contributed by atoms with Crippen LogP contribution < -0.4 is 20.9 Å². The first-order valence-electron chi connectivity index (χ1n) is 14.5. The number of nitrogen functional groups attached to an aromatic ring is 2. The van der Waals surface area contributed by atoms with Crippen molar-refractivity contribution in [3.05, 3.63) is 46.5 Å². The highest BCUT2D eigenvalue weighted by Crippen LogP contribution is 2.68. The van der Waals surface area contributed by atoms with Crippen molar-refractivity contribution < 1.29 is 97.3 Å². The minimum absolute atomic E-state index is 0.171. The van der Waals surface area contributed by atoms with E-state index in [1.54, 1.807) is 0 Å². The summed E-state index contributed by atoms with van der Waals surface area (Å²) < 4.78 is 304. The van der Waals surface area contributed by atoms with E-state index < -0.39 is 116 Å². The van der Waals surface area contributed by atoms with Gasteiger partial charge in [-0.25, -0.2) is 0 Å². The molecule has 2 aromatic rings. The van der Waals surface area contributed by atoms with Gasteiger partial charge in [0, 0.05) is 11.1 Å². The average molecular weight is 829 g/mol. The van der Waals surface area contributed by atoms with E-state index in [1.165, 1.54) is 0 Å². The molecule has 310 valence electrons. The zero-order chi connectivity index (χ0) is 43.0. The summed E-state index contributed by atoms with van der Waals surface area (Å²) in [6.45, 7) is 4.39. The molecule has 0 heterocycles. The van der Waals surface area contributed by atoms with Crippen LogP contribution in [0, 0.1) is 0 Å². The van der Waals surface area contributed by atoms with Gasteiger partial charge in [-0.1, -0.05) is 27.7 Å². The molecule has 54 heavy (non-hydrogen) atoms. The lowest BCUT2D eigenvalue weighted by Gasteiger charge is -2.45. The van der Waals surface area contributed by atoms with E-state index in [1.807, 2.05) is 0 Å². The first-order valence-corrected chi connectivity index (χ1v) is 14.5. The number of ether oxygens (including phenoxy) is 2. The van der Waals surface area contributed by atoms with Crippen LogP contribution in [0.2, 0.25) is 0 Å². The molecule has 0 fully saturated rings. The zero-order valence-corrected chi connectivity index (χ0v) is 28.0. The predicted molar refractivity (Wildman–Crippen MR) is 150 cm³/mol. The Hall–Kier alpha value is -3.76. The van der Waals surface area contributed by atoms with Crippen LogP contribution in [0.5, 0.6) is 11.5 Å². The maximum absolute atomic E-state index is 15.0. The summed E-state index contributed by atoms with van der Waals surface area (Å²) in [7, 11) is 1.23. The van der Waals surface area contributed by atoms with Crippen molar-refractivity contribution >= 4 is 11.4 Å². The van der Waals surface area contributed by atoms with Crippen molar-refractivity contribution in [1.29, 1.82) is 0 Å². The Bertz CT molecular complexity index is 1580. The third-order valence-electron chi connectivity index (χ3n) is 8.31. The van der Waals surface area contributed by atoms with Crippen LogP contribution in [-0.4, -0.2) is 61.6 Å². The van der Waals surface area contributed by atoms with Crippen molar-refractivity contribution in [3.63, 3.8) is 0 Å². The maximum atomic E-state index is 15.0. The Balaban J connectivity index is 2.82. The maximum Gasteiger partial charge on any atom is 0.385 e.